The largest absolute Gasteiger partial charge is 0.478 e. The van der Waals surface area contributed by atoms with Gasteiger partial charge in [-0.1, -0.05) is 38.4 Å². The maximum atomic E-state index is 11.8. The molecule has 1 aromatic rings. The monoisotopic (exact) mass is 313 g/mol. The van der Waals surface area contributed by atoms with Gasteiger partial charge < -0.3 is 14.8 Å². The van der Waals surface area contributed by atoms with Crippen molar-refractivity contribution >= 4 is 17.6 Å². The third-order valence-corrected chi connectivity index (χ3v) is 3.31. The average Bonchev–Trinajstić information content (AvgIpc) is 2.43. The topological polar surface area (TPSA) is 47.6 Å². The van der Waals surface area contributed by atoms with Crippen LogP contribution in [0.2, 0.25) is 5.02 Å². The highest BCUT2D eigenvalue weighted by molar-refractivity contribution is 6.31. The molecule has 21 heavy (non-hydrogen) atoms. The first-order valence-electron chi connectivity index (χ1n) is 7.33. The van der Waals surface area contributed by atoms with Gasteiger partial charge in [0.1, 0.15) is 5.75 Å². The first kappa shape index (κ1) is 17.8. The highest BCUT2D eigenvalue weighted by Crippen LogP contribution is 2.28. The molecule has 1 aromatic carbocycles. The summed E-state index contributed by atoms with van der Waals surface area (Å²) in [5.41, 5.74) is 0.857. The summed E-state index contributed by atoms with van der Waals surface area (Å²) in [6.45, 7) is 8.72. The zero-order valence-corrected chi connectivity index (χ0v) is 13.9. The fourth-order valence-electron chi connectivity index (χ4n) is 1.81. The van der Waals surface area contributed by atoms with Crippen LogP contribution in [0.3, 0.4) is 0 Å². The molecule has 0 saturated heterocycles. The molecule has 0 amide bonds. The Bertz CT molecular complexity index is 463. The Morgan fingerprint density at radius 1 is 1.33 bits per heavy atom. The van der Waals surface area contributed by atoms with Crippen LogP contribution in [-0.4, -0.2) is 24.7 Å². The van der Waals surface area contributed by atoms with Crippen LogP contribution in [0.5, 0.6) is 5.75 Å². The van der Waals surface area contributed by atoms with Crippen molar-refractivity contribution < 1.29 is 14.3 Å². The van der Waals surface area contributed by atoms with Gasteiger partial charge in [-0.25, -0.2) is 4.79 Å². The van der Waals surface area contributed by atoms with Gasteiger partial charge in [0.15, 0.2) is 6.10 Å². The first-order chi connectivity index (χ1) is 9.99. The van der Waals surface area contributed by atoms with Gasteiger partial charge in [-0.05, 0) is 25.5 Å². The smallest absolute Gasteiger partial charge is 0.347 e. The highest BCUT2D eigenvalue weighted by Gasteiger charge is 2.21. The molecule has 0 radical (unpaired) electrons. The molecule has 0 aromatic heterocycles. The molecular formula is C16H24ClNO3. The van der Waals surface area contributed by atoms with Crippen LogP contribution in [0.15, 0.2) is 18.2 Å². The minimum absolute atomic E-state index is 0.334. The Balaban J connectivity index is 2.90. The van der Waals surface area contributed by atoms with Gasteiger partial charge in [-0.2, -0.15) is 0 Å². The van der Waals surface area contributed by atoms with E-state index in [1.165, 1.54) is 0 Å². The molecule has 1 rings (SSSR count). The van der Waals surface area contributed by atoms with E-state index < -0.39 is 6.10 Å². The predicted octanol–water partition coefficient (Wildman–Crippen LogP) is 3.56. The zero-order chi connectivity index (χ0) is 15.8. The fraction of sp³-hybridized carbons (Fsp3) is 0.562. The summed E-state index contributed by atoms with van der Waals surface area (Å²) >= 11 is 6.24. The van der Waals surface area contributed by atoms with Crippen molar-refractivity contribution in [3.05, 3.63) is 28.8 Å². The summed E-state index contributed by atoms with van der Waals surface area (Å²) in [4.78, 5) is 11.8. The quantitative estimate of drug-likeness (QED) is 0.745. The molecule has 1 N–H and O–H groups in total. The van der Waals surface area contributed by atoms with Crippen molar-refractivity contribution in [2.45, 2.75) is 52.8 Å². The molecular weight excluding hydrogens is 290 g/mol. The molecule has 0 spiro atoms. The molecule has 118 valence electrons. The third kappa shape index (κ3) is 5.56. The molecule has 0 aliphatic heterocycles. The minimum atomic E-state index is -0.610. The summed E-state index contributed by atoms with van der Waals surface area (Å²) in [5.74, 6) is 0.276. The lowest BCUT2D eigenvalue weighted by atomic mass is 10.1. The van der Waals surface area contributed by atoms with Crippen molar-refractivity contribution in [1.29, 1.82) is 0 Å². The molecule has 0 aliphatic rings. The lowest BCUT2D eigenvalue weighted by Gasteiger charge is -2.20. The van der Waals surface area contributed by atoms with Crippen molar-refractivity contribution in [2.75, 3.05) is 6.61 Å². The lowest BCUT2D eigenvalue weighted by molar-refractivity contribution is -0.151. The molecule has 1 unspecified atom stereocenters. The van der Waals surface area contributed by atoms with E-state index in [1.54, 1.807) is 6.92 Å². The second-order valence-electron chi connectivity index (χ2n) is 5.02. The summed E-state index contributed by atoms with van der Waals surface area (Å²) in [6, 6.07) is 5.79. The van der Waals surface area contributed by atoms with Crippen molar-refractivity contribution in [2.24, 2.45) is 0 Å². The number of rotatable bonds is 8. The van der Waals surface area contributed by atoms with Crippen LogP contribution in [-0.2, 0) is 16.1 Å². The highest BCUT2D eigenvalue weighted by atomic mass is 35.5. The van der Waals surface area contributed by atoms with E-state index in [9.17, 15) is 4.79 Å². The van der Waals surface area contributed by atoms with E-state index in [1.807, 2.05) is 25.1 Å². The number of hydrogen-bond acceptors (Lipinski definition) is 4. The third-order valence-electron chi connectivity index (χ3n) is 2.95. The van der Waals surface area contributed by atoms with Crippen LogP contribution in [0.4, 0.5) is 0 Å². The van der Waals surface area contributed by atoms with Gasteiger partial charge in [0.25, 0.3) is 0 Å². The summed E-state index contributed by atoms with van der Waals surface area (Å²) in [5, 5.41) is 3.93. The summed E-state index contributed by atoms with van der Waals surface area (Å²) in [6.07, 6.45) is -0.0659. The number of carbonyl (C=O) groups excluding carboxylic acids is 1. The Labute approximate surface area is 131 Å². The normalized spacial score (nSPS) is 12.3. The van der Waals surface area contributed by atoms with Gasteiger partial charge in [0.05, 0.1) is 6.61 Å². The Hall–Kier alpha value is -1.26. The van der Waals surface area contributed by atoms with E-state index in [0.717, 1.165) is 5.56 Å². The van der Waals surface area contributed by atoms with Crippen LogP contribution in [0, 0.1) is 0 Å². The van der Waals surface area contributed by atoms with E-state index >= 15 is 0 Å². The number of hydrogen-bond donors (Lipinski definition) is 1. The number of halogens is 1. The summed E-state index contributed by atoms with van der Waals surface area (Å²) < 4.78 is 10.8. The number of ether oxygens (including phenoxy) is 2. The van der Waals surface area contributed by atoms with E-state index in [-0.39, 0.29) is 5.97 Å². The Morgan fingerprint density at radius 2 is 2.05 bits per heavy atom. The number of nitrogens with one attached hydrogen (secondary N) is 1. The zero-order valence-electron chi connectivity index (χ0n) is 13.1. The van der Waals surface area contributed by atoms with E-state index in [0.29, 0.717) is 36.4 Å². The van der Waals surface area contributed by atoms with Crippen molar-refractivity contribution in [1.82, 2.24) is 5.32 Å². The molecule has 0 heterocycles. The molecule has 0 bridgehead atoms. The van der Waals surface area contributed by atoms with Crippen LogP contribution < -0.4 is 10.1 Å². The van der Waals surface area contributed by atoms with Crippen molar-refractivity contribution in [3.63, 3.8) is 0 Å². The van der Waals surface area contributed by atoms with Gasteiger partial charge in [0, 0.05) is 23.2 Å². The maximum absolute atomic E-state index is 11.8. The van der Waals surface area contributed by atoms with Gasteiger partial charge in [-0.3, -0.25) is 0 Å². The van der Waals surface area contributed by atoms with Gasteiger partial charge in [-0.15, -0.1) is 0 Å². The second kappa shape index (κ2) is 8.90. The number of carbonyl (C=O) groups is 1. The Kier molecular flexibility index (Phi) is 7.54. The molecule has 5 heteroatoms. The van der Waals surface area contributed by atoms with Crippen LogP contribution in [0.1, 0.15) is 39.7 Å². The molecule has 0 fully saturated rings. The fourth-order valence-corrected chi connectivity index (χ4v) is 2.05. The standard InChI is InChI=1S/C16H24ClNO3/c1-5-14(16(19)20-6-2)21-15-9-7-8-13(17)12(15)10-18-11(3)4/h7-9,11,14,18H,5-6,10H2,1-4H3. The van der Waals surface area contributed by atoms with Crippen LogP contribution >= 0.6 is 11.6 Å². The van der Waals surface area contributed by atoms with Crippen molar-refractivity contribution in [3.8, 4) is 5.75 Å². The van der Waals surface area contributed by atoms with E-state index in [4.69, 9.17) is 21.1 Å². The number of esters is 1. The number of benzene rings is 1. The summed E-state index contributed by atoms with van der Waals surface area (Å²) in [7, 11) is 0. The Morgan fingerprint density at radius 3 is 2.62 bits per heavy atom. The van der Waals surface area contributed by atoms with E-state index in [2.05, 4.69) is 19.2 Å². The molecule has 0 saturated carbocycles. The predicted molar refractivity (Wildman–Crippen MR) is 84.8 cm³/mol. The first-order valence-corrected chi connectivity index (χ1v) is 7.71. The maximum Gasteiger partial charge on any atom is 0.347 e. The van der Waals surface area contributed by atoms with Gasteiger partial charge >= 0.3 is 5.97 Å². The average molecular weight is 314 g/mol. The van der Waals surface area contributed by atoms with Gasteiger partial charge in [0.2, 0.25) is 0 Å². The minimum Gasteiger partial charge on any atom is -0.478 e. The molecule has 4 nitrogen and oxygen atoms in total. The van der Waals surface area contributed by atoms with Crippen LogP contribution in [0.25, 0.3) is 0 Å². The second-order valence-corrected chi connectivity index (χ2v) is 5.43. The molecule has 1 atom stereocenters. The lowest BCUT2D eigenvalue weighted by Crippen LogP contribution is -2.29. The SMILES string of the molecule is CCOC(=O)C(CC)Oc1cccc(Cl)c1CNC(C)C. The molecule has 0 aliphatic carbocycles.